The molecule has 1 aliphatic carbocycles. The maximum Gasteiger partial charge on any atom is 0.309 e. The summed E-state index contributed by atoms with van der Waals surface area (Å²) in [6.07, 6.45) is 2.14. The number of hydrogen-bond donors (Lipinski definition) is 1. The van der Waals surface area contributed by atoms with Crippen molar-refractivity contribution in [1.29, 1.82) is 0 Å². The molecule has 1 N–H and O–H groups in total. The fraction of sp³-hybridized carbons (Fsp3) is 0.857. The zero-order chi connectivity index (χ0) is 7.14. The first-order valence-electron chi connectivity index (χ1n) is 3.65. The Balaban J connectivity index is 1.99. The van der Waals surface area contributed by atoms with Crippen molar-refractivity contribution in [3.63, 3.8) is 0 Å². The number of carboxylic acids is 1. The van der Waals surface area contributed by atoms with Gasteiger partial charge in [-0.05, 0) is 12.8 Å². The highest BCUT2D eigenvalue weighted by Crippen LogP contribution is 2.47. The van der Waals surface area contributed by atoms with E-state index < -0.39 is 5.97 Å². The van der Waals surface area contributed by atoms with Gasteiger partial charge in [0.25, 0.3) is 0 Å². The summed E-state index contributed by atoms with van der Waals surface area (Å²) in [5.74, 6) is -0.523. The molecular weight excluding hydrogens is 132 g/mol. The Bertz CT molecular complexity index is 154. The van der Waals surface area contributed by atoms with E-state index in [1.165, 1.54) is 0 Å². The van der Waals surface area contributed by atoms with E-state index >= 15 is 0 Å². The topological polar surface area (TPSA) is 46.5 Å². The van der Waals surface area contributed by atoms with Gasteiger partial charge in [-0.3, -0.25) is 4.79 Å². The van der Waals surface area contributed by atoms with E-state index in [1.54, 1.807) is 0 Å². The van der Waals surface area contributed by atoms with Crippen LogP contribution in [-0.2, 0) is 9.53 Å². The van der Waals surface area contributed by atoms with Gasteiger partial charge in [-0.25, -0.2) is 0 Å². The molecule has 2 aliphatic rings. The summed E-state index contributed by atoms with van der Waals surface area (Å²) >= 11 is 0. The summed E-state index contributed by atoms with van der Waals surface area (Å²) in [4.78, 5) is 10.4. The van der Waals surface area contributed by atoms with Gasteiger partial charge >= 0.3 is 5.97 Å². The minimum atomic E-state index is -0.683. The molecule has 56 valence electrons. The number of aliphatic carboxylic acids is 1. The molecule has 3 heteroatoms. The molecule has 1 saturated carbocycles. The van der Waals surface area contributed by atoms with Gasteiger partial charge in [-0.2, -0.15) is 0 Å². The Morgan fingerprint density at radius 1 is 1.60 bits per heavy atom. The minimum Gasteiger partial charge on any atom is -0.481 e. The average Bonchev–Trinajstić information content (AvgIpc) is 2.60. The number of fused-ring (bicyclic) bond motifs is 1. The highest BCUT2D eigenvalue weighted by atomic mass is 16.5. The standard InChI is InChI=1S/C7H10O3/c8-7(9)5-4-2-1-3-10-6(4)5/h4-6H,1-3H2,(H,8,9)/t4-,5?,6+/m1/s1. The molecule has 1 heterocycles. The predicted molar refractivity (Wildman–Crippen MR) is 33.6 cm³/mol. The molecule has 10 heavy (non-hydrogen) atoms. The first-order valence-corrected chi connectivity index (χ1v) is 3.65. The first kappa shape index (κ1) is 6.16. The molecular formula is C7H10O3. The van der Waals surface area contributed by atoms with Crippen LogP contribution in [0, 0.1) is 11.8 Å². The van der Waals surface area contributed by atoms with Gasteiger partial charge in [-0.15, -0.1) is 0 Å². The quantitative estimate of drug-likeness (QED) is 0.579. The van der Waals surface area contributed by atoms with Crippen LogP contribution in [-0.4, -0.2) is 23.8 Å². The number of ether oxygens (including phenoxy) is 1. The molecule has 0 radical (unpaired) electrons. The summed E-state index contributed by atoms with van der Waals surface area (Å²) in [7, 11) is 0. The summed E-state index contributed by atoms with van der Waals surface area (Å²) in [5.41, 5.74) is 0. The van der Waals surface area contributed by atoms with Crippen LogP contribution in [0.3, 0.4) is 0 Å². The molecule has 1 aliphatic heterocycles. The molecule has 3 atom stereocenters. The molecule has 2 rings (SSSR count). The molecule has 0 spiro atoms. The molecule has 0 amide bonds. The van der Waals surface area contributed by atoms with Gasteiger partial charge in [0.15, 0.2) is 0 Å². The third-order valence-electron chi connectivity index (χ3n) is 2.37. The van der Waals surface area contributed by atoms with E-state index in [0.717, 1.165) is 19.4 Å². The van der Waals surface area contributed by atoms with Crippen molar-refractivity contribution in [2.24, 2.45) is 11.8 Å². The van der Waals surface area contributed by atoms with Crippen LogP contribution in [0.25, 0.3) is 0 Å². The maximum atomic E-state index is 10.4. The second-order valence-corrected chi connectivity index (χ2v) is 3.01. The summed E-state index contributed by atoms with van der Waals surface area (Å²) in [5, 5.41) is 8.60. The normalized spacial score (nSPS) is 44.2. The monoisotopic (exact) mass is 142 g/mol. The Labute approximate surface area is 59.0 Å². The molecule has 2 fully saturated rings. The van der Waals surface area contributed by atoms with Crippen molar-refractivity contribution in [1.82, 2.24) is 0 Å². The lowest BCUT2D eigenvalue weighted by molar-refractivity contribution is -0.139. The van der Waals surface area contributed by atoms with E-state index in [4.69, 9.17) is 9.84 Å². The highest BCUT2D eigenvalue weighted by molar-refractivity contribution is 5.75. The second kappa shape index (κ2) is 1.95. The molecule has 0 aromatic heterocycles. The Kier molecular flexibility index (Phi) is 1.20. The lowest BCUT2D eigenvalue weighted by Crippen LogP contribution is -2.07. The van der Waals surface area contributed by atoms with Gasteiger partial charge in [0.1, 0.15) is 0 Å². The SMILES string of the molecule is O=C(O)C1[C@H]2CCCO[C@H]12. The van der Waals surface area contributed by atoms with E-state index in [9.17, 15) is 4.79 Å². The summed E-state index contributed by atoms with van der Waals surface area (Å²) in [6, 6.07) is 0. The zero-order valence-corrected chi connectivity index (χ0v) is 5.62. The van der Waals surface area contributed by atoms with Crippen LogP contribution < -0.4 is 0 Å². The summed E-state index contributed by atoms with van der Waals surface area (Å²) < 4.78 is 5.24. The van der Waals surface area contributed by atoms with E-state index in [0.29, 0.717) is 5.92 Å². The van der Waals surface area contributed by atoms with Gasteiger partial charge in [0.2, 0.25) is 0 Å². The number of carbonyl (C=O) groups is 1. The van der Waals surface area contributed by atoms with Gasteiger partial charge in [0.05, 0.1) is 12.0 Å². The molecule has 3 nitrogen and oxygen atoms in total. The lowest BCUT2D eigenvalue weighted by Gasteiger charge is -2.07. The Hall–Kier alpha value is -0.570. The van der Waals surface area contributed by atoms with Gasteiger partial charge in [-0.1, -0.05) is 0 Å². The first-order chi connectivity index (χ1) is 4.80. The van der Waals surface area contributed by atoms with Crippen LogP contribution in [0.5, 0.6) is 0 Å². The van der Waals surface area contributed by atoms with Crippen molar-refractivity contribution in [2.45, 2.75) is 18.9 Å². The third-order valence-corrected chi connectivity index (χ3v) is 2.37. The minimum absolute atomic E-state index is 0.0613. The largest absolute Gasteiger partial charge is 0.481 e. The fourth-order valence-corrected chi connectivity index (χ4v) is 1.78. The smallest absolute Gasteiger partial charge is 0.309 e. The van der Waals surface area contributed by atoms with Crippen molar-refractivity contribution >= 4 is 5.97 Å². The lowest BCUT2D eigenvalue weighted by atomic mass is 10.2. The Morgan fingerprint density at radius 2 is 2.40 bits per heavy atom. The van der Waals surface area contributed by atoms with Crippen molar-refractivity contribution in [3.8, 4) is 0 Å². The number of rotatable bonds is 1. The van der Waals surface area contributed by atoms with Gasteiger partial charge < -0.3 is 9.84 Å². The molecule has 1 unspecified atom stereocenters. The summed E-state index contributed by atoms with van der Waals surface area (Å²) in [6.45, 7) is 0.755. The highest BCUT2D eigenvalue weighted by Gasteiger charge is 2.57. The van der Waals surface area contributed by atoms with Crippen LogP contribution in [0.4, 0.5) is 0 Å². The van der Waals surface area contributed by atoms with Crippen LogP contribution in [0.2, 0.25) is 0 Å². The van der Waals surface area contributed by atoms with Gasteiger partial charge in [0, 0.05) is 12.5 Å². The molecule has 1 saturated heterocycles. The van der Waals surface area contributed by atoms with Crippen molar-refractivity contribution < 1.29 is 14.6 Å². The van der Waals surface area contributed by atoms with Crippen molar-refractivity contribution in [2.75, 3.05) is 6.61 Å². The zero-order valence-electron chi connectivity index (χ0n) is 5.62. The number of carboxylic acid groups (broad SMARTS) is 1. The van der Waals surface area contributed by atoms with E-state index in [2.05, 4.69) is 0 Å². The van der Waals surface area contributed by atoms with Crippen LogP contribution >= 0.6 is 0 Å². The molecule has 0 aromatic rings. The molecule has 0 bridgehead atoms. The fourth-order valence-electron chi connectivity index (χ4n) is 1.78. The Morgan fingerprint density at radius 3 is 2.90 bits per heavy atom. The van der Waals surface area contributed by atoms with E-state index in [-0.39, 0.29) is 12.0 Å². The van der Waals surface area contributed by atoms with E-state index in [1.807, 2.05) is 0 Å². The predicted octanol–water partition coefficient (Wildman–Crippen LogP) is 0.496. The molecule has 0 aromatic carbocycles. The number of hydrogen-bond acceptors (Lipinski definition) is 2. The maximum absolute atomic E-state index is 10.4. The second-order valence-electron chi connectivity index (χ2n) is 3.01. The average molecular weight is 142 g/mol. The van der Waals surface area contributed by atoms with Crippen LogP contribution in [0.15, 0.2) is 0 Å². The van der Waals surface area contributed by atoms with Crippen molar-refractivity contribution in [3.05, 3.63) is 0 Å². The van der Waals surface area contributed by atoms with Crippen LogP contribution in [0.1, 0.15) is 12.8 Å². The third kappa shape index (κ3) is 0.736.